The molecular weight excluding hydrogens is 340 g/mol. The van der Waals surface area contributed by atoms with Crippen LogP contribution in [0.5, 0.6) is 0 Å². The fourth-order valence-corrected chi connectivity index (χ4v) is 4.36. The molecule has 1 unspecified atom stereocenters. The molecule has 4 heterocycles. The Balaban J connectivity index is 1.49. The zero-order valence-electron chi connectivity index (χ0n) is 13.1. The lowest BCUT2D eigenvalue weighted by molar-refractivity contribution is 0.139. The van der Waals surface area contributed by atoms with E-state index in [0.717, 1.165) is 30.3 Å². The normalized spacial score (nSPS) is 18.6. The monoisotopic (exact) mass is 358 g/mol. The van der Waals surface area contributed by atoms with Crippen molar-refractivity contribution < 1.29 is 0 Å². The summed E-state index contributed by atoms with van der Waals surface area (Å²) in [6, 6.07) is 2.18. The van der Waals surface area contributed by atoms with Gasteiger partial charge in [-0.2, -0.15) is 0 Å². The molecule has 1 aliphatic rings. The minimum atomic E-state index is 0.379. The van der Waals surface area contributed by atoms with Gasteiger partial charge >= 0.3 is 0 Å². The summed E-state index contributed by atoms with van der Waals surface area (Å²) in [5.41, 5.74) is 3.04. The molecule has 0 bridgehead atoms. The van der Waals surface area contributed by atoms with Gasteiger partial charge in [0.15, 0.2) is 5.13 Å². The van der Waals surface area contributed by atoms with E-state index in [1.807, 2.05) is 11.7 Å². The van der Waals surface area contributed by atoms with Gasteiger partial charge in [0.2, 0.25) is 5.95 Å². The molecule has 1 atom stereocenters. The highest BCUT2D eigenvalue weighted by Gasteiger charge is 2.26. The summed E-state index contributed by atoms with van der Waals surface area (Å²) in [7, 11) is 0. The van der Waals surface area contributed by atoms with Gasteiger partial charge in [-0.1, -0.05) is 6.42 Å². The van der Waals surface area contributed by atoms with Crippen LogP contribution in [-0.2, 0) is 6.54 Å². The first-order chi connectivity index (χ1) is 11.9. The highest BCUT2D eigenvalue weighted by molar-refractivity contribution is 7.13. The van der Waals surface area contributed by atoms with E-state index in [4.69, 9.17) is 4.98 Å². The summed E-state index contributed by atoms with van der Waals surface area (Å²) >= 11 is 3.33. The molecule has 24 heavy (non-hydrogen) atoms. The fourth-order valence-electron chi connectivity index (χ4n) is 2.99. The van der Waals surface area contributed by atoms with Crippen LogP contribution in [0.15, 0.2) is 35.5 Å². The highest BCUT2D eigenvalue weighted by atomic mass is 32.1. The van der Waals surface area contributed by atoms with Crippen molar-refractivity contribution in [3.05, 3.63) is 46.1 Å². The summed E-state index contributed by atoms with van der Waals surface area (Å²) in [5.74, 6) is 0.587. The zero-order chi connectivity index (χ0) is 16.2. The molecule has 0 spiro atoms. The minimum absolute atomic E-state index is 0.379. The van der Waals surface area contributed by atoms with E-state index >= 15 is 0 Å². The summed E-state index contributed by atoms with van der Waals surface area (Å²) in [6.45, 7) is 2.07. The summed E-state index contributed by atoms with van der Waals surface area (Å²) in [4.78, 5) is 21.2. The fraction of sp³-hybridized carbons (Fsp3) is 0.375. The lowest BCUT2D eigenvalue weighted by Crippen LogP contribution is -2.32. The van der Waals surface area contributed by atoms with E-state index in [-0.39, 0.29) is 0 Å². The minimum Gasteiger partial charge on any atom is -0.300 e. The molecule has 8 heteroatoms. The van der Waals surface area contributed by atoms with Crippen molar-refractivity contribution in [2.45, 2.75) is 31.8 Å². The largest absolute Gasteiger partial charge is 0.300 e. The number of piperidine rings is 1. The van der Waals surface area contributed by atoms with Crippen LogP contribution in [0.25, 0.3) is 0 Å². The molecule has 6 nitrogen and oxygen atoms in total. The predicted molar refractivity (Wildman–Crippen MR) is 96.5 cm³/mol. The molecule has 4 rings (SSSR count). The molecule has 1 aliphatic heterocycles. The standard InChI is InChI=1S/C16H18N6S2/c1-2-7-22(9-12-8-17-11-24-12)14(4-1)13-10-23-16(20-13)21-15-18-5-3-6-19-15/h3,5-6,8,10-11,14H,1-2,4,7,9H2,(H,18,19,20,21). The second-order valence-electron chi connectivity index (χ2n) is 5.72. The molecule has 1 N–H and O–H groups in total. The van der Waals surface area contributed by atoms with Crippen molar-refractivity contribution >= 4 is 33.8 Å². The molecule has 0 aliphatic carbocycles. The molecule has 0 radical (unpaired) electrons. The Morgan fingerprint density at radius 3 is 2.96 bits per heavy atom. The lowest BCUT2D eigenvalue weighted by Gasteiger charge is -2.34. The van der Waals surface area contributed by atoms with Gasteiger partial charge in [0.25, 0.3) is 0 Å². The molecule has 0 saturated carbocycles. The Morgan fingerprint density at radius 2 is 2.12 bits per heavy atom. The van der Waals surface area contributed by atoms with Crippen molar-refractivity contribution in [1.29, 1.82) is 0 Å². The Labute approximate surface area is 148 Å². The van der Waals surface area contributed by atoms with Crippen LogP contribution in [0.1, 0.15) is 35.9 Å². The van der Waals surface area contributed by atoms with Crippen molar-refractivity contribution in [3.8, 4) is 0 Å². The number of thiazole rings is 2. The summed E-state index contributed by atoms with van der Waals surface area (Å²) in [6.07, 6.45) is 9.08. The van der Waals surface area contributed by atoms with Gasteiger partial charge in [0, 0.05) is 35.4 Å². The summed E-state index contributed by atoms with van der Waals surface area (Å²) < 4.78 is 0. The van der Waals surface area contributed by atoms with Gasteiger partial charge < -0.3 is 5.32 Å². The number of anilines is 2. The predicted octanol–water partition coefficient (Wildman–Crippen LogP) is 3.86. The van der Waals surface area contributed by atoms with E-state index in [1.54, 1.807) is 41.1 Å². The molecule has 3 aromatic heterocycles. The molecular formula is C16H18N6S2. The van der Waals surface area contributed by atoms with Crippen molar-refractivity contribution in [2.24, 2.45) is 0 Å². The van der Waals surface area contributed by atoms with E-state index in [1.165, 1.54) is 17.7 Å². The van der Waals surface area contributed by atoms with Crippen molar-refractivity contribution in [1.82, 2.24) is 24.8 Å². The number of hydrogen-bond donors (Lipinski definition) is 1. The second-order valence-corrected chi connectivity index (χ2v) is 7.55. The van der Waals surface area contributed by atoms with Crippen LogP contribution in [0.3, 0.4) is 0 Å². The van der Waals surface area contributed by atoms with Crippen LogP contribution in [0.4, 0.5) is 11.1 Å². The second kappa shape index (κ2) is 7.33. The molecule has 1 fully saturated rings. The van der Waals surface area contributed by atoms with Crippen LogP contribution in [-0.4, -0.2) is 31.4 Å². The van der Waals surface area contributed by atoms with Crippen LogP contribution in [0, 0.1) is 0 Å². The third-order valence-corrected chi connectivity index (χ3v) is 5.64. The number of nitrogens with one attached hydrogen (secondary N) is 1. The van der Waals surface area contributed by atoms with Crippen LogP contribution >= 0.6 is 22.7 Å². The Morgan fingerprint density at radius 1 is 1.21 bits per heavy atom. The van der Waals surface area contributed by atoms with E-state index in [2.05, 4.69) is 30.5 Å². The maximum atomic E-state index is 4.78. The number of aromatic nitrogens is 4. The maximum absolute atomic E-state index is 4.78. The summed E-state index contributed by atoms with van der Waals surface area (Å²) in [5, 5.41) is 6.18. The average molecular weight is 358 g/mol. The molecule has 1 saturated heterocycles. The molecule has 124 valence electrons. The van der Waals surface area contributed by atoms with E-state index in [9.17, 15) is 0 Å². The number of rotatable bonds is 5. The first-order valence-corrected chi connectivity index (χ1v) is 9.75. The van der Waals surface area contributed by atoms with Crippen molar-refractivity contribution in [3.63, 3.8) is 0 Å². The van der Waals surface area contributed by atoms with E-state index in [0.29, 0.717) is 12.0 Å². The van der Waals surface area contributed by atoms with Gasteiger partial charge in [-0.3, -0.25) is 9.88 Å². The number of likely N-dealkylation sites (tertiary alicyclic amines) is 1. The molecule has 0 aromatic carbocycles. The third kappa shape index (κ3) is 3.61. The Kier molecular flexibility index (Phi) is 4.77. The Hall–Kier alpha value is -1.90. The zero-order valence-corrected chi connectivity index (χ0v) is 14.8. The first kappa shape index (κ1) is 15.6. The lowest BCUT2D eigenvalue weighted by atomic mass is 10.00. The van der Waals surface area contributed by atoms with Gasteiger partial charge in [-0.05, 0) is 25.5 Å². The van der Waals surface area contributed by atoms with Gasteiger partial charge in [-0.25, -0.2) is 15.0 Å². The molecule has 0 amide bonds. The third-order valence-electron chi connectivity index (χ3n) is 4.10. The highest BCUT2D eigenvalue weighted by Crippen LogP contribution is 2.34. The van der Waals surface area contributed by atoms with Crippen LogP contribution in [0.2, 0.25) is 0 Å². The maximum Gasteiger partial charge on any atom is 0.228 e. The smallest absolute Gasteiger partial charge is 0.228 e. The SMILES string of the molecule is c1cnc(Nc2nc(C3CCCCN3Cc3cncs3)cs2)nc1. The number of hydrogen-bond acceptors (Lipinski definition) is 8. The Bertz CT molecular complexity index is 758. The average Bonchev–Trinajstić information content (AvgIpc) is 3.29. The first-order valence-electron chi connectivity index (χ1n) is 7.99. The molecule has 3 aromatic rings. The topological polar surface area (TPSA) is 66.8 Å². The van der Waals surface area contributed by atoms with E-state index < -0.39 is 0 Å². The van der Waals surface area contributed by atoms with Gasteiger partial charge in [0.05, 0.1) is 17.2 Å². The van der Waals surface area contributed by atoms with Crippen LogP contribution < -0.4 is 5.32 Å². The van der Waals surface area contributed by atoms with Gasteiger partial charge in [0.1, 0.15) is 0 Å². The van der Waals surface area contributed by atoms with Crippen molar-refractivity contribution in [2.75, 3.05) is 11.9 Å². The quantitative estimate of drug-likeness (QED) is 0.747. The number of nitrogens with zero attached hydrogens (tertiary/aromatic N) is 5. The van der Waals surface area contributed by atoms with Gasteiger partial charge in [-0.15, -0.1) is 22.7 Å².